The second kappa shape index (κ2) is 3.75. The lowest BCUT2D eigenvalue weighted by Crippen LogP contribution is -2.28. The van der Waals surface area contributed by atoms with Gasteiger partial charge >= 0.3 is 0 Å². The summed E-state index contributed by atoms with van der Waals surface area (Å²) in [6.07, 6.45) is 6.09. The standard InChI is InChI=1S/C10H14N2O/c13-8-7-12(9-1-2-9)10-3-5-11-6-4-10/h3-6,9,13H,1-2,7-8H2. The largest absolute Gasteiger partial charge is 0.395 e. The zero-order chi connectivity index (χ0) is 9.10. The van der Waals surface area contributed by atoms with E-state index in [-0.39, 0.29) is 6.61 Å². The first kappa shape index (κ1) is 8.51. The van der Waals surface area contributed by atoms with Crippen LogP contribution >= 0.6 is 0 Å². The quantitative estimate of drug-likeness (QED) is 0.748. The predicted octanol–water partition coefficient (Wildman–Crippen LogP) is 1.04. The molecule has 3 heteroatoms. The Bertz CT molecular complexity index is 259. The second-order valence-electron chi connectivity index (χ2n) is 3.35. The van der Waals surface area contributed by atoms with Crippen molar-refractivity contribution in [1.82, 2.24) is 4.98 Å². The maximum absolute atomic E-state index is 8.92. The zero-order valence-corrected chi connectivity index (χ0v) is 7.56. The fraction of sp³-hybridized carbons (Fsp3) is 0.500. The van der Waals surface area contributed by atoms with Crippen LogP contribution in [0.4, 0.5) is 5.69 Å². The minimum Gasteiger partial charge on any atom is -0.395 e. The molecule has 0 amide bonds. The Kier molecular flexibility index (Phi) is 2.45. The van der Waals surface area contributed by atoms with Crippen molar-refractivity contribution in [3.8, 4) is 0 Å². The highest BCUT2D eigenvalue weighted by molar-refractivity contribution is 5.46. The van der Waals surface area contributed by atoms with Crippen molar-refractivity contribution in [2.75, 3.05) is 18.1 Å². The Morgan fingerprint density at radius 3 is 2.62 bits per heavy atom. The van der Waals surface area contributed by atoms with Gasteiger partial charge in [-0.05, 0) is 25.0 Å². The number of aromatic nitrogens is 1. The van der Waals surface area contributed by atoms with Gasteiger partial charge in [0.1, 0.15) is 0 Å². The van der Waals surface area contributed by atoms with Gasteiger partial charge in [0, 0.05) is 30.7 Å². The Morgan fingerprint density at radius 2 is 2.08 bits per heavy atom. The molecule has 0 bridgehead atoms. The number of anilines is 1. The highest BCUT2D eigenvalue weighted by atomic mass is 16.3. The van der Waals surface area contributed by atoms with Crippen LogP contribution in [-0.2, 0) is 0 Å². The van der Waals surface area contributed by atoms with Gasteiger partial charge in [-0.2, -0.15) is 0 Å². The van der Waals surface area contributed by atoms with E-state index in [1.54, 1.807) is 12.4 Å². The molecule has 1 aromatic rings. The summed E-state index contributed by atoms with van der Waals surface area (Å²) in [6.45, 7) is 0.952. The van der Waals surface area contributed by atoms with Crippen LogP contribution in [-0.4, -0.2) is 29.3 Å². The SMILES string of the molecule is OCCN(c1ccncc1)C1CC1. The summed E-state index contributed by atoms with van der Waals surface area (Å²) in [7, 11) is 0. The Morgan fingerprint density at radius 1 is 1.38 bits per heavy atom. The van der Waals surface area contributed by atoms with Crippen LogP contribution in [0.15, 0.2) is 24.5 Å². The van der Waals surface area contributed by atoms with Gasteiger partial charge in [-0.1, -0.05) is 0 Å². The van der Waals surface area contributed by atoms with Gasteiger partial charge in [0.25, 0.3) is 0 Å². The normalized spacial score (nSPS) is 15.8. The molecule has 0 atom stereocenters. The fourth-order valence-corrected chi connectivity index (χ4v) is 1.55. The van der Waals surface area contributed by atoms with E-state index < -0.39 is 0 Å². The fourth-order valence-electron chi connectivity index (χ4n) is 1.55. The second-order valence-corrected chi connectivity index (χ2v) is 3.35. The molecule has 0 unspecified atom stereocenters. The molecule has 1 heterocycles. The van der Waals surface area contributed by atoms with Crippen molar-refractivity contribution in [3.63, 3.8) is 0 Å². The van der Waals surface area contributed by atoms with E-state index in [1.807, 2.05) is 12.1 Å². The lowest BCUT2D eigenvalue weighted by atomic mass is 10.3. The number of rotatable bonds is 4. The topological polar surface area (TPSA) is 36.4 Å². The molecule has 1 saturated carbocycles. The Labute approximate surface area is 78.0 Å². The molecule has 1 fully saturated rings. The van der Waals surface area contributed by atoms with Crippen molar-refractivity contribution in [2.24, 2.45) is 0 Å². The van der Waals surface area contributed by atoms with Crippen molar-refractivity contribution < 1.29 is 5.11 Å². The van der Waals surface area contributed by atoms with Crippen LogP contribution in [0.3, 0.4) is 0 Å². The van der Waals surface area contributed by atoms with E-state index in [0.717, 1.165) is 6.54 Å². The summed E-state index contributed by atoms with van der Waals surface area (Å²) in [5, 5.41) is 8.92. The molecule has 1 N–H and O–H groups in total. The molecule has 3 nitrogen and oxygen atoms in total. The average molecular weight is 178 g/mol. The van der Waals surface area contributed by atoms with Gasteiger partial charge in [0.15, 0.2) is 0 Å². The van der Waals surface area contributed by atoms with E-state index in [1.165, 1.54) is 18.5 Å². The minimum absolute atomic E-state index is 0.221. The van der Waals surface area contributed by atoms with E-state index in [2.05, 4.69) is 9.88 Å². The van der Waals surface area contributed by atoms with Crippen molar-refractivity contribution in [1.29, 1.82) is 0 Å². The molecular weight excluding hydrogens is 164 g/mol. The third-order valence-corrected chi connectivity index (χ3v) is 2.32. The molecule has 13 heavy (non-hydrogen) atoms. The molecule has 0 radical (unpaired) electrons. The summed E-state index contributed by atoms with van der Waals surface area (Å²) in [5.41, 5.74) is 1.17. The summed E-state index contributed by atoms with van der Waals surface area (Å²) < 4.78 is 0. The van der Waals surface area contributed by atoms with Crippen molar-refractivity contribution >= 4 is 5.69 Å². The summed E-state index contributed by atoms with van der Waals surface area (Å²) in [4.78, 5) is 6.23. The van der Waals surface area contributed by atoms with Gasteiger partial charge < -0.3 is 10.0 Å². The average Bonchev–Trinajstić information content (AvgIpc) is 2.99. The molecule has 0 aromatic carbocycles. The van der Waals surface area contributed by atoms with E-state index in [4.69, 9.17) is 5.11 Å². The lowest BCUT2D eigenvalue weighted by molar-refractivity contribution is 0.301. The van der Waals surface area contributed by atoms with E-state index in [0.29, 0.717) is 6.04 Å². The van der Waals surface area contributed by atoms with Crippen LogP contribution in [0, 0.1) is 0 Å². The Balaban J connectivity index is 2.10. The van der Waals surface area contributed by atoms with Gasteiger partial charge in [0.2, 0.25) is 0 Å². The predicted molar refractivity (Wildman–Crippen MR) is 51.7 cm³/mol. The number of nitrogens with zero attached hydrogens (tertiary/aromatic N) is 2. The number of hydrogen-bond acceptors (Lipinski definition) is 3. The van der Waals surface area contributed by atoms with E-state index >= 15 is 0 Å². The zero-order valence-electron chi connectivity index (χ0n) is 7.56. The number of pyridine rings is 1. The summed E-state index contributed by atoms with van der Waals surface area (Å²) in [6, 6.07) is 4.64. The summed E-state index contributed by atoms with van der Waals surface area (Å²) >= 11 is 0. The summed E-state index contributed by atoms with van der Waals surface area (Å²) in [5.74, 6) is 0. The molecule has 0 saturated heterocycles. The smallest absolute Gasteiger partial charge is 0.0606 e. The molecule has 1 aliphatic rings. The Hall–Kier alpha value is -1.09. The first-order chi connectivity index (χ1) is 6.42. The van der Waals surface area contributed by atoms with Crippen LogP contribution in [0.2, 0.25) is 0 Å². The van der Waals surface area contributed by atoms with Crippen molar-refractivity contribution in [2.45, 2.75) is 18.9 Å². The van der Waals surface area contributed by atoms with Crippen LogP contribution in [0.5, 0.6) is 0 Å². The monoisotopic (exact) mass is 178 g/mol. The number of aliphatic hydroxyl groups is 1. The van der Waals surface area contributed by atoms with Gasteiger partial charge in [0.05, 0.1) is 6.61 Å². The molecule has 70 valence electrons. The van der Waals surface area contributed by atoms with Crippen LogP contribution in [0.1, 0.15) is 12.8 Å². The first-order valence-corrected chi connectivity index (χ1v) is 4.69. The molecule has 0 aliphatic heterocycles. The maximum Gasteiger partial charge on any atom is 0.0606 e. The third kappa shape index (κ3) is 1.98. The maximum atomic E-state index is 8.92. The van der Waals surface area contributed by atoms with Gasteiger partial charge in [-0.15, -0.1) is 0 Å². The van der Waals surface area contributed by atoms with Gasteiger partial charge in [-0.3, -0.25) is 4.98 Å². The molecular formula is C10H14N2O. The van der Waals surface area contributed by atoms with Crippen LogP contribution in [0.25, 0.3) is 0 Å². The van der Waals surface area contributed by atoms with E-state index in [9.17, 15) is 0 Å². The lowest BCUT2D eigenvalue weighted by Gasteiger charge is -2.23. The minimum atomic E-state index is 0.221. The highest BCUT2D eigenvalue weighted by Crippen LogP contribution is 2.30. The molecule has 2 rings (SSSR count). The van der Waals surface area contributed by atoms with Crippen molar-refractivity contribution in [3.05, 3.63) is 24.5 Å². The number of hydrogen-bond donors (Lipinski definition) is 1. The molecule has 1 aromatic heterocycles. The van der Waals surface area contributed by atoms with Crippen LogP contribution < -0.4 is 4.90 Å². The first-order valence-electron chi connectivity index (χ1n) is 4.69. The molecule has 0 spiro atoms. The van der Waals surface area contributed by atoms with Gasteiger partial charge in [-0.25, -0.2) is 0 Å². The third-order valence-electron chi connectivity index (χ3n) is 2.32. The highest BCUT2D eigenvalue weighted by Gasteiger charge is 2.28. The number of aliphatic hydroxyl groups excluding tert-OH is 1. The molecule has 1 aliphatic carbocycles.